The molecular formula is C9H14MoN2Si. The van der Waals surface area contributed by atoms with E-state index in [1.807, 2.05) is 30.3 Å². The van der Waals surface area contributed by atoms with Gasteiger partial charge in [-0.25, -0.2) is 0 Å². The van der Waals surface area contributed by atoms with Gasteiger partial charge in [0, 0.05) is 0 Å². The number of nitrogens with zero attached hydrogens (tertiary/aromatic N) is 2. The van der Waals surface area contributed by atoms with Crippen molar-refractivity contribution in [1.82, 2.24) is 0 Å². The van der Waals surface area contributed by atoms with Crippen molar-refractivity contribution in [3.8, 4) is 0 Å². The summed E-state index contributed by atoms with van der Waals surface area (Å²) in [7, 11) is -1.22. The molecule has 0 amide bonds. The summed E-state index contributed by atoms with van der Waals surface area (Å²) >= 11 is -0.503. The second-order valence-electron chi connectivity index (χ2n) is 3.77. The van der Waals surface area contributed by atoms with Gasteiger partial charge in [-0.1, -0.05) is 0 Å². The average Bonchev–Trinajstić information content (AvgIpc) is 2.04. The molecule has 0 aliphatic carbocycles. The van der Waals surface area contributed by atoms with Crippen LogP contribution in [-0.2, 0) is 18.2 Å². The molecule has 0 atom stereocenters. The molecule has 0 bridgehead atoms. The first-order valence-electron chi connectivity index (χ1n) is 4.22. The zero-order valence-electron chi connectivity index (χ0n) is 8.19. The normalized spacial score (nSPS) is 10.7. The third-order valence-corrected chi connectivity index (χ3v) is 7.21. The van der Waals surface area contributed by atoms with E-state index in [1.165, 1.54) is 0 Å². The Bertz CT molecular complexity index is 323. The quantitative estimate of drug-likeness (QED) is 0.736. The van der Waals surface area contributed by atoms with Crippen LogP contribution in [0.4, 0.5) is 5.69 Å². The van der Waals surface area contributed by atoms with Gasteiger partial charge >= 0.3 is 88.7 Å². The fourth-order valence-corrected chi connectivity index (χ4v) is 3.60. The molecule has 0 aliphatic rings. The number of rotatable bonds is 2. The number of hydrogen-bond donors (Lipinski definition) is 0. The second-order valence-corrected chi connectivity index (χ2v) is 10.5. The minimum atomic E-state index is -1.22. The topological polar surface area (TPSA) is 24.7 Å². The van der Waals surface area contributed by atoms with Crippen molar-refractivity contribution in [2.24, 2.45) is 6.66 Å². The van der Waals surface area contributed by atoms with E-state index in [4.69, 9.17) is 0 Å². The van der Waals surface area contributed by atoms with Crippen LogP contribution in [0, 0.1) is 0 Å². The molecule has 0 saturated carbocycles. The monoisotopic (exact) mass is 276 g/mol. The van der Waals surface area contributed by atoms with Gasteiger partial charge in [0.1, 0.15) is 0 Å². The van der Waals surface area contributed by atoms with Gasteiger partial charge in [-0.2, -0.15) is 0 Å². The summed E-state index contributed by atoms with van der Waals surface area (Å²) in [6.45, 7) is 6.74. The van der Waals surface area contributed by atoms with Crippen LogP contribution in [0.25, 0.3) is 0 Å². The van der Waals surface area contributed by atoms with Gasteiger partial charge in [0.25, 0.3) is 0 Å². The summed E-state index contributed by atoms with van der Waals surface area (Å²) in [4.78, 5) is 0. The fraction of sp³-hybridized carbons (Fsp3) is 0.333. The van der Waals surface area contributed by atoms with Gasteiger partial charge in [-0.15, -0.1) is 0 Å². The van der Waals surface area contributed by atoms with Crippen LogP contribution in [0.3, 0.4) is 0 Å². The van der Waals surface area contributed by atoms with Crippen LogP contribution in [0.1, 0.15) is 0 Å². The van der Waals surface area contributed by atoms with Crippen LogP contribution in [0.2, 0.25) is 19.6 Å². The maximum absolute atomic E-state index is 4.65. The molecule has 0 N–H and O–H groups in total. The van der Waals surface area contributed by atoms with Crippen LogP contribution in [0.15, 0.2) is 37.0 Å². The third kappa shape index (κ3) is 5.11. The minimum absolute atomic E-state index is 0.503. The Balaban J connectivity index is 2.75. The fourth-order valence-electron chi connectivity index (χ4n) is 0.679. The summed E-state index contributed by atoms with van der Waals surface area (Å²) in [5.41, 5.74) is 1.08. The molecule has 0 aliphatic heterocycles. The van der Waals surface area contributed by atoms with Crippen molar-refractivity contribution in [3.05, 3.63) is 30.3 Å². The second kappa shape index (κ2) is 4.82. The van der Waals surface area contributed by atoms with Crippen LogP contribution in [0.5, 0.6) is 0 Å². The number of benzene rings is 1. The van der Waals surface area contributed by atoms with E-state index in [9.17, 15) is 0 Å². The van der Waals surface area contributed by atoms with Crippen molar-refractivity contribution in [2.75, 3.05) is 0 Å². The Morgan fingerprint density at radius 1 is 1.08 bits per heavy atom. The Labute approximate surface area is 88.7 Å². The summed E-state index contributed by atoms with van der Waals surface area (Å²) in [6.07, 6.45) is 0. The van der Waals surface area contributed by atoms with Crippen molar-refractivity contribution in [3.63, 3.8) is 0 Å². The zero-order valence-corrected chi connectivity index (χ0v) is 11.2. The van der Waals surface area contributed by atoms with Gasteiger partial charge in [-0.3, -0.25) is 0 Å². The Kier molecular flexibility index (Phi) is 4.01. The summed E-state index contributed by atoms with van der Waals surface area (Å²) in [5, 5.41) is 0. The summed E-state index contributed by atoms with van der Waals surface area (Å²) in [5.74, 6) is 0. The van der Waals surface area contributed by atoms with Crippen molar-refractivity contribution >= 4 is 13.9 Å². The first kappa shape index (κ1) is 10.8. The molecule has 0 spiro atoms. The predicted molar refractivity (Wildman–Crippen MR) is 54.3 cm³/mol. The maximum atomic E-state index is 4.65. The first-order valence-corrected chi connectivity index (χ1v) is 9.47. The van der Waals surface area contributed by atoms with Gasteiger partial charge in [0.05, 0.1) is 0 Å². The van der Waals surface area contributed by atoms with E-state index in [0.717, 1.165) is 5.69 Å². The zero-order chi connectivity index (χ0) is 9.73. The molecule has 1 aromatic carbocycles. The van der Waals surface area contributed by atoms with Gasteiger partial charge in [-0.05, 0) is 0 Å². The van der Waals surface area contributed by atoms with E-state index >= 15 is 0 Å². The van der Waals surface area contributed by atoms with E-state index in [-0.39, 0.29) is 0 Å². The Morgan fingerprint density at radius 3 is 2.23 bits per heavy atom. The van der Waals surface area contributed by atoms with Crippen LogP contribution < -0.4 is 0 Å². The molecule has 13 heavy (non-hydrogen) atoms. The molecule has 0 radical (unpaired) electrons. The molecule has 4 heteroatoms. The average molecular weight is 274 g/mol. The van der Waals surface area contributed by atoms with Crippen molar-refractivity contribution < 1.29 is 18.2 Å². The van der Waals surface area contributed by atoms with Gasteiger partial charge < -0.3 is 0 Å². The van der Waals surface area contributed by atoms with E-state index in [1.54, 1.807) is 0 Å². The summed E-state index contributed by atoms with van der Waals surface area (Å²) < 4.78 is 9.14. The Morgan fingerprint density at radius 2 is 1.69 bits per heavy atom. The third-order valence-electron chi connectivity index (χ3n) is 1.22. The molecular weight excluding hydrogens is 260 g/mol. The van der Waals surface area contributed by atoms with Crippen molar-refractivity contribution in [2.45, 2.75) is 19.6 Å². The van der Waals surface area contributed by atoms with Crippen molar-refractivity contribution in [1.29, 1.82) is 0 Å². The van der Waals surface area contributed by atoms with E-state index < -0.39 is 26.4 Å². The SMILES string of the molecule is C[Si](C)(C)[N]=[Mo]=[N]c1ccccc1. The summed E-state index contributed by atoms with van der Waals surface area (Å²) in [6, 6.07) is 10.1. The molecule has 70 valence electrons. The van der Waals surface area contributed by atoms with E-state index in [0.29, 0.717) is 0 Å². The van der Waals surface area contributed by atoms with Gasteiger partial charge in [0.2, 0.25) is 0 Å². The molecule has 0 saturated heterocycles. The molecule has 0 fully saturated rings. The molecule has 0 unspecified atom stereocenters. The predicted octanol–water partition coefficient (Wildman–Crippen LogP) is 3.60. The molecule has 1 aromatic rings. The number of hydrogen-bond acceptors (Lipinski definition) is 2. The van der Waals surface area contributed by atoms with E-state index in [2.05, 4.69) is 26.3 Å². The standard InChI is InChI=1S/C6H5N.C3H9NSi.Mo/c7-6-4-2-1-3-5-6;1-5(2,3)4;/h1-5H;1-3H3;. The molecule has 0 aromatic heterocycles. The Hall–Kier alpha value is -0.275. The first-order chi connectivity index (χ1) is 6.08. The van der Waals surface area contributed by atoms with Crippen LogP contribution >= 0.6 is 0 Å². The molecule has 0 heterocycles. The van der Waals surface area contributed by atoms with Gasteiger partial charge in [0.15, 0.2) is 0 Å². The molecule has 2 nitrogen and oxygen atoms in total. The molecule has 1 rings (SSSR count). The van der Waals surface area contributed by atoms with Crippen LogP contribution in [-0.4, -0.2) is 8.24 Å².